The Morgan fingerprint density at radius 2 is 1.73 bits per heavy atom. The Balaban J connectivity index is 2.45. The van der Waals surface area contributed by atoms with E-state index in [1.54, 1.807) is 14.1 Å². The van der Waals surface area contributed by atoms with Gasteiger partial charge in [-0.3, -0.25) is 19.2 Å². The molecule has 33 heavy (non-hydrogen) atoms. The highest BCUT2D eigenvalue weighted by Crippen LogP contribution is 2.37. The number of halogens is 1. The number of carbonyl (C=O) groups is 4. The number of esters is 3. The molecule has 1 aromatic heterocycles. The van der Waals surface area contributed by atoms with Gasteiger partial charge < -0.3 is 29.6 Å². The van der Waals surface area contributed by atoms with Crippen molar-refractivity contribution in [2.75, 3.05) is 20.7 Å². The molecular formula is C20H26ClN3O8S. The second-order valence-electron chi connectivity index (χ2n) is 7.39. The Labute approximate surface area is 200 Å². The monoisotopic (exact) mass is 503 g/mol. The lowest BCUT2D eigenvalue weighted by Crippen LogP contribution is -2.63. The van der Waals surface area contributed by atoms with Crippen LogP contribution in [-0.2, 0) is 33.3 Å². The van der Waals surface area contributed by atoms with Crippen LogP contribution in [0, 0.1) is 0 Å². The zero-order valence-corrected chi connectivity index (χ0v) is 20.3. The van der Waals surface area contributed by atoms with E-state index in [1.165, 1.54) is 37.9 Å². The molecule has 5 unspecified atom stereocenters. The zero-order chi connectivity index (χ0) is 24.9. The summed E-state index contributed by atoms with van der Waals surface area (Å²) in [6.45, 7) is 3.34. The summed E-state index contributed by atoms with van der Waals surface area (Å²) in [6.07, 6.45) is -1.77. The van der Waals surface area contributed by atoms with Gasteiger partial charge in [-0.25, -0.2) is 4.98 Å². The van der Waals surface area contributed by atoms with Gasteiger partial charge in [0, 0.05) is 46.0 Å². The molecule has 5 atom stereocenters. The molecule has 1 saturated heterocycles. The first-order valence-corrected chi connectivity index (χ1v) is 11.1. The van der Waals surface area contributed by atoms with Crippen LogP contribution in [0.3, 0.4) is 0 Å². The predicted octanol–water partition coefficient (Wildman–Crippen LogP) is 1.01. The summed E-state index contributed by atoms with van der Waals surface area (Å²) in [7, 11) is 3.14. The minimum Gasteiger partial charge on any atom is -0.463 e. The molecule has 1 amide bonds. The molecule has 0 bridgehead atoms. The van der Waals surface area contributed by atoms with Gasteiger partial charge in [0.1, 0.15) is 29.9 Å². The van der Waals surface area contributed by atoms with Gasteiger partial charge in [-0.15, -0.1) is 0 Å². The Kier molecular flexibility index (Phi) is 9.46. The number of pyridine rings is 1. The van der Waals surface area contributed by atoms with Crippen molar-refractivity contribution in [2.45, 2.75) is 55.5 Å². The molecule has 1 aliphatic heterocycles. The van der Waals surface area contributed by atoms with E-state index in [0.717, 1.165) is 11.8 Å². The highest BCUT2D eigenvalue weighted by Gasteiger charge is 2.49. The summed E-state index contributed by atoms with van der Waals surface area (Å²) in [5.41, 5.74) is 5.47. The third-order valence-electron chi connectivity index (χ3n) is 4.43. The minimum atomic E-state index is -1.08. The molecule has 11 nitrogen and oxygen atoms in total. The Morgan fingerprint density at radius 1 is 1.12 bits per heavy atom. The van der Waals surface area contributed by atoms with Crippen LogP contribution in [0.4, 0.5) is 0 Å². The molecular weight excluding hydrogens is 478 g/mol. The second-order valence-corrected chi connectivity index (χ2v) is 8.97. The number of aromatic nitrogens is 1. The molecule has 0 aliphatic carbocycles. The van der Waals surface area contributed by atoms with E-state index in [4.69, 9.17) is 36.3 Å². The van der Waals surface area contributed by atoms with Gasteiger partial charge in [-0.1, -0.05) is 23.4 Å². The molecule has 1 fully saturated rings. The van der Waals surface area contributed by atoms with E-state index in [2.05, 4.69) is 4.98 Å². The number of amides is 1. The van der Waals surface area contributed by atoms with Gasteiger partial charge in [0.25, 0.3) is 5.91 Å². The van der Waals surface area contributed by atoms with E-state index in [1.807, 2.05) is 0 Å². The lowest BCUT2D eigenvalue weighted by atomic mass is 9.97. The quantitative estimate of drug-likeness (QED) is 0.419. The third-order valence-corrected chi connectivity index (χ3v) is 5.81. The van der Waals surface area contributed by atoms with Gasteiger partial charge >= 0.3 is 17.9 Å². The number of rotatable bonds is 7. The summed E-state index contributed by atoms with van der Waals surface area (Å²) in [5.74, 6) is -2.23. The predicted molar refractivity (Wildman–Crippen MR) is 117 cm³/mol. The number of hydrogen-bond donors (Lipinski definition) is 1. The van der Waals surface area contributed by atoms with Crippen molar-refractivity contribution in [3.63, 3.8) is 0 Å². The maximum atomic E-state index is 12.6. The van der Waals surface area contributed by atoms with E-state index in [-0.39, 0.29) is 23.2 Å². The molecule has 1 aromatic rings. The zero-order valence-electron chi connectivity index (χ0n) is 18.8. The van der Waals surface area contributed by atoms with E-state index in [9.17, 15) is 19.2 Å². The number of nitrogens with two attached hydrogens (primary N) is 1. The van der Waals surface area contributed by atoms with Crippen LogP contribution >= 0.6 is 23.4 Å². The van der Waals surface area contributed by atoms with E-state index < -0.39 is 47.7 Å². The molecule has 182 valence electrons. The second kappa shape index (κ2) is 11.6. The number of thioether (sulfide) groups is 1. The fraction of sp³-hybridized carbons (Fsp3) is 0.550. The van der Waals surface area contributed by atoms with Crippen LogP contribution in [0.25, 0.3) is 0 Å². The molecule has 2 rings (SSSR count). The van der Waals surface area contributed by atoms with Crippen molar-refractivity contribution in [3.05, 3.63) is 23.0 Å². The highest BCUT2D eigenvalue weighted by molar-refractivity contribution is 8.00. The van der Waals surface area contributed by atoms with Gasteiger partial charge in [-0.2, -0.15) is 0 Å². The Hall–Kier alpha value is -2.41. The Morgan fingerprint density at radius 3 is 2.27 bits per heavy atom. The standard InChI is InChI=1S/C20H26ClN3O8S/c1-9(25)29-8-13-17(30-10(2)26)15(22)18(31-11(3)27)20(32-13)33-14-6-12(21)7-23-16(14)19(28)24(4)5/h6-7,13,15,17-18,20H,8,22H2,1-5H3. The van der Waals surface area contributed by atoms with Crippen LogP contribution in [0.15, 0.2) is 17.2 Å². The summed E-state index contributed by atoms with van der Waals surface area (Å²) in [5, 5.41) is 0.270. The van der Waals surface area contributed by atoms with Crippen LogP contribution < -0.4 is 5.73 Å². The van der Waals surface area contributed by atoms with Crippen molar-refractivity contribution in [1.29, 1.82) is 0 Å². The summed E-state index contributed by atoms with van der Waals surface area (Å²) in [4.78, 5) is 53.2. The molecule has 2 N–H and O–H groups in total. The lowest BCUT2D eigenvalue weighted by molar-refractivity contribution is -0.201. The smallest absolute Gasteiger partial charge is 0.303 e. The average molecular weight is 504 g/mol. The molecule has 13 heteroatoms. The van der Waals surface area contributed by atoms with Crippen LogP contribution in [-0.4, -0.2) is 84.2 Å². The maximum absolute atomic E-state index is 12.6. The van der Waals surface area contributed by atoms with Crippen LogP contribution in [0.5, 0.6) is 0 Å². The number of carbonyl (C=O) groups excluding carboxylic acids is 4. The number of ether oxygens (including phenoxy) is 4. The Bertz CT molecular complexity index is 913. The number of hydrogen-bond acceptors (Lipinski definition) is 11. The summed E-state index contributed by atoms with van der Waals surface area (Å²) < 4.78 is 21.8. The number of nitrogens with zero attached hydrogens (tertiary/aromatic N) is 2. The van der Waals surface area contributed by atoms with Gasteiger partial charge in [-0.05, 0) is 6.07 Å². The average Bonchev–Trinajstić information content (AvgIpc) is 2.70. The SMILES string of the molecule is CC(=O)OCC1OC(Sc2cc(Cl)cnc2C(=O)N(C)C)C(OC(C)=O)C(N)C1OC(C)=O. The topological polar surface area (TPSA) is 147 Å². The summed E-state index contributed by atoms with van der Waals surface area (Å²) >= 11 is 7.10. The van der Waals surface area contributed by atoms with Crippen molar-refractivity contribution >= 4 is 47.2 Å². The van der Waals surface area contributed by atoms with Crippen molar-refractivity contribution < 1.29 is 38.1 Å². The first-order valence-electron chi connectivity index (χ1n) is 9.83. The normalized spacial score (nSPS) is 24.5. The van der Waals surface area contributed by atoms with Gasteiger partial charge in [0.05, 0.1) is 11.1 Å². The molecule has 1 aliphatic rings. The van der Waals surface area contributed by atoms with E-state index in [0.29, 0.717) is 4.90 Å². The van der Waals surface area contributed by atoms with Crippen LogP contribution in [0.1, 0.15) is 31.3 Å². The van der Waals surface area contributed by atoms with Crippen LogP contribution in [0.2, 0.25) is 5.02 Å². The van der Waals surface area contributed by atoms with Gasteiger partial charge in [0.15, 0.2) is 6.10 Å². The fourth-order valence-corrected chi connectivity index (χ4v) is 4.54. The van der Waals surface area contributed by atoms with E-state index >= 15 is 0 Å². The molecule has 0 radical (unpaired) electrons. The lowest BCUT2D eigenvalue weighted by Gasteiger charge is -2.43. The minimum absolute atomic E-state index is 0.104. The van der Waals surface area contributed by atoms with Gasteiger partial charge in [0.2, 0.25) is 0 Å². The largest absolute Gasteiger partial charge is 0.463 e. The summed E-state index contributed by atoms with van der Waals surface area (Å²) in [6, 6.07) is 0.499. The van der Waals surface area contributed by atoms with Crippen molar-refractivity contribution in [3.8, 4) is 0 Å². The highest BCUT2D eigenvalue weighted by atomic mass is 35.5. The van der Waals surface area contributed by atoms with Crippen molar-refractivity contribution in [1.82, 2.24) is 9.88 Å². The molecule has 2 heterocycles. The van der Waals surface area contributed by atoms with Crippen molar-refractivity contribution in [2.24, 2.45) is 5.73 Å². The molecule has 0 spiro atoms. The fourth-order valence-electron chi connectivity index (χ4n) is 3.05. The third kappa shape index (κ3) is 7.29. The first kappa shape index (κ1) is 26.8. The molecule has 0 saturated carbocycles. The first-order chi connectivity index (χ1) is 15.4. The maximum Gasteiger partial charge on any atom is 0.303 e. The molecule has 0 aromatic carbocycles.